The summed E-state index contributed by atoms with van der Waals surface area (Å²) in [5.41, 5.74) is 2.58. The van der Waals surface area contributed by atoms with E-state index in [-0.39, 0.29) is 5.54 Å². The third-order valence-electron chi connectivity index (χ3n) is 3.05. The van der Waals surface area contributed by atoms with Crippen molar-refractivity contribution in [1.29, 1.82) is 0 Å². The first kappa shape index (κ1) is 13.7. The van der Waals surface area contributed by atoms with Crippen LogP contribution in [0.3, 0.4) is 0 Å². The zero-order valence-corrected chi connectivity index (χ0v) is 12.6. The van der Waals surface area contributed by atoms with E-state index in [4.69, 9.17) is 0 Å². The van der Waals surface area contributed by atoms with Crippen molar-refractivity contribution in [2.45, 2.75) is 46.2 Å². The minimum absolute atomic E-state index is 0.0501. The number of nitrogens with zero attached hydrogens (tertiary/aromatic N) is 1. The van der Waals surface area contributed by atoms with E-state index in [0.717, 1.165) is 0 Å². The molecule has 1 heterocycles. The molecule has 0 amide bonds. The van der Waals surface area contributed by atoms with Crippen molar-refractivity contribution >= 4 is 5.82 Å². The molecule has 2 rings (SSSR count). The van der Waals surface area contributed by atoms with Crippen molar-refractivity contribution in [3.05, 3.63) is 42.6 Å². The molecule has 0 aliphatic carbocycles. The zero-order valence-electron chi connectivity index (χ0n) is 12.6. The predicted molar refractivity (Wildman–Crippen MR) is 83.6 cm³/mol. The quantitative estimate of drug-likeness (QED) is 0.822. The Morgan fingerprint density at radius 2 is 1.63 bits per heavy atom. The summed E-state index contributed by atoms with van der Waals surface area (Å²) in [6, 6.07) is 13.2. The van der Waals surface area contributed by atoms with E-state index >= 15 is 0 Å². The summed E-state index contributed by atoms with van der Waals surface area (Å²) in [6.07, 6.45) is 2.17. The molecule has 0 aliphatic heterocycles. The second-order valence-corrected chi connectivity index (χ2v) is 6.32. The van der Waals surface area contributed by atoms with Gasteiger partial charge in [-0.1, -0.05) is 30.3 Å². The van der Waals surface area contributed by atoms with Gasteiger partial charge in [-0.2, -0.15) is 0 Å². The molecule has 0 aliphatic rings. The van der Waals surface area contributed by atoms with Gasteiger partial charge in [0.05, 0.1) is 0 Å². The van der Waals surface area contributed by atoms with Crippen molar-refractivity contribution in [3.63, 3.8) is 0 Å². The van der Waals surface area contributed by atoms with E-state index in [2.05, 4.69) is 87.1 Å². The van der Waals surface area contributed by atoms with Crippen LogP contribution in [0.1, 0.15) is 40.7 Å². The van der Waals surface area contributed by atoms with Gasteiger partial charge in [-0.25, -0.2) is 0 Å². The van der Waals surface area contributed by atoms with Crippen molar-refractivity contribution < 1.29 is 0 Å². The van der Waals surface area contributed by atoms with Crippen molar-refractivity contribution in [2.24, 2.45) is 0 Å². The summed E-state index contributed by atoms with van der Waals surface area (Å²) in [4.78, 5) is 0. The Balaban J connectivity index is 2.50. The number of aromatic nitrogens is 1. The standard InChI is InChI=1S/C17H24N2/c1-13(2)19-12-11-15(14-9-7-6-8-10-14)16(19)18-17(3,4)5/h6-13,18H,1-5H3. The zero-order chi connectivity index (χ0) is 14.0. The molecule has 1 aromatic carbocycles. The molecule has 0 radical (unpaired) electrons. The molecule has 102 valence electrons. The van der Waals surface area contributed by atoms with E-state index in [1.54, 1.807) is 0 Å². The van der Waals surface area contributed by atoms with Gasteiger partial charge in [0.25, 0.3) is 0 Å². The molecule has 2 aromatic rings. The lowest BCUT2D eigenvalue weighted by atomic mass is 10.1. The first-order chi connectivity index (χ1) is 8.88. The number of benzene rings is 1. The molecule has 0 spiro atoms. The highest BCUT2D eigenvalue weighted by atomic mass is 15.1. The van der Waals surface area contributed by atoms with Crippen LogP contribution < -0.4 is 5.32 Å². The highest BCUT2D eigenvalue weighted by molar-refractivity contribution is 5.76. The van der Waals surface area contributed by atoms with Gasteiger partial charge in [0, 0.05) is 23.3 Å². The SMILES string of the molecule is CC(C)n1ccc(-c2ccccc2)c1NC(C)(C)C. The Kier molecular flexibility index (Phi) is 3.70. The smallest absolute Gasteiger partial charge is 0.114 e. The highest BCUT2D eigenvalue weighted by Crippen LogP contribution is 2.33. The van der Waals surface area contributed by atoms with Gasteiger partial charge in [-0.3, -0.25) is 0 Å². The fraction of sp³-hybridized carbons (Fsp3) is 0.412. The maximum Gasteiger partial charge on any atom is 0.114 e. The maximum atomic E-state index is 3.64. The summed E-state index contributed by atoms with van der Waals surface area (Å²) in [5, 5.41) is 3.64. The molecule has 0 saturated heterocycles. The number of anilines is 1. The highest BCUT2D eigenvalue weighted by Gasteiger charge is 2.18. The molecule has 1 aromatic heterocycles. The Hall–Kier alpha value is -1.70. The monoisotopic (exact) mass is 256 g/mol. The van der Waals surface area contributed by atoms with Gasteiger partial charge < -0.3 is 9.88 Å². The van der Waals surface area contributed by atoms with E-state index in [1.165, 1.54) is 16.9 Å². The molecule has 0 unspecified atom stereocenters. The van der Waals surface area contributed by atoms with Crippen LogP contribution in [-0.4, -0.2) is 10.1 Å². The van der Waals surface area contributed by atoms with E-state index in [9.17, 15) is 0 Å². The summed E-state index contributed by atoms with van der Waals surface area (Å²) < 4.78 is 2.30. The summed E-state index contributed by atoms with van der Waals surface area (Å²) >= 11 is 0. The Bertz CT molecular complexity index is 530. The van der Waals surface area contributed by atoms with Gasteiger partial charge in [0.15, 0.2) is 0 Å². The van der Waals surface area contributed by atoms with Crippen LogP contribution in [0.25, 0.3) is 11.1 Å². The summed E-state index contributed by atoms with van der Waals surface area (Å²) in [5.74, 6) is 1.20. The van der Waals surface area contributed by atoms with Crippen molar-refractivity contribution in [3.8, 4) is 11.1 Å². The molecule has 0 bridgehead atoms. The van der Waals surface area contributed by atoms with Crippen LogP contribution in [-0.2, 0) is 0 Å². The van der Waals surface area contributed by atoms with Gasteiger partial charge in [-0.15, -0.1) is 0 Å². The molecular weight excluding hydrogens is 232 g/mol. The molecular formula is C17H24N2. The molecule has 1 N–H and O–H groups in total. The second kappa shape index (κ2) is 5.12. The van der Waals surface area contributed by atoms with Crippen LogP contribution >= 0.6 is 0 Å². The lowest BCUT2D eigenvalue weighted by molar-refractivity contribution is 0.577. The molecule has 0 saturated carbocycles. The Morgan fingerprint density at radius 1 is 1.00 bits per heavy atom. The van der Waals surface area contributed by atoms with Crippen molar-refractivity contribution in [1.82, 2.24) is 4.57 Å². The van der Waals surface area contributed by atoms with Gasteiger partial charge in [0.1, 0.15) is 5.82 Å². The van der Waals surface area contributed by atoms with E-state index in [1.807, 2.05) is 0 Å². The third kappa shape index (κ3) is 3.19. The van der Waals surface area contributed by atoms with Gasteiger partial charge in [0.2, 0.25) is 0 Å². The Labute approximate surface area is 116 Å². The Morgan fingerprint density at radius 3 is 2.16 bits per heavy atom. The fourth-order valence-corrected chi connectivity index (χ4v) is 2.22. The van der Waals surface area contributed by atoms with E-state index in [0.29, 0.717) is 6.04 Å². The lowest BCUT2D eigenvalue weighted by Gasteiger charge is -2.26. The number of hydrogen-bond donors (Lipinski definition) is 1. The van der Waals surface area contributed by atoms with Crippen LogP contribution in [0.4, 0.5) is 5.82 Å². The number of rotatable bonds is 3. The number of nitrogens with one attached hydrogen (secondary N) is 1. The topological polar surface area (TPSA) is 17.0 Å². The maximum absolute atomic E-state index is 3.64. The minimum atomic E-state index is 0.0501. The summed E-state index contributed by atoms with van der Waals surface area (Å²) in [7, 11) is 0. The normalized spacial score (nSPS) is 11.9. The van der Waals surface area contributed by atoms with E-state index < -0.39 is 0 Å². The summed E-state index contributed by atoms with van der Waals surface area (Å²) in [6.45, 7) is 11.0. The third-order valence-corrected chi connectivity index (χ3v) is 3.05. The van der Waals surface area contributed by atoms with Crippen LogP contribution in [0.2, 0.25) is 0 Å². The van der Waals surface area contributed by atoms with Crippen LogP contribution in [0.15, 0.2) is 42.6 Å². The fourth-order valence-electron chi connectivity index (χ4n) is 2.22. The minimum Gasteiger partial charge on any atom is -0.366 e. The van der Waals surface area contributed by atoms with Crippen LogP contribution in [0, 0.1) is 0 Å². The average molecular weight is 256 g/mol. The predicted octanol–water partition coefficient (Wildman–Crippen LogP) is 4.95. The van der Waals surface area contributed by atoms with Crippen LogP contribution in [0.5, 0.6) is 0 Å². The number of hydrogen-bond acceptors (Lipinski definition) is 1. The molecule has 0 fully saturated rings. The molecule has 19 heavy (non-hydrogen) atoms. The second-order valence-electron chi connectivity index (χ2n) is 6.32. The lowest BCUT2D eigenvalue weighted by Crippen LogP contribution is -2.28. The molecule has 2 heteroatoms. The first-order valence-corrected chi connectivity index (χ1v) is 6.93. The first-order valence-electron chi connectivity index (χ1n) is 6.93. The average Bonchev–Trinajstić information content (AvgIpc) is 2.71. The molecule has 0 atom stereocenters. The largest absolute Gasteiger partial charge is 0.366 e. The van der Waals surface area contributed by atoms with Gasteiger partial charge >= 0.3 is 0 Å². The van der Waals surface area contributed by atoms with Crippen molar-refractivity contribution in [2.75, 3.05) is 5.32 Å². The molecule has 2 nitrogen and oxygen atoms in total. The van der Waals surface area contributed by atoms with Gasteiger partial charge in [-0.05, 0) is 46.2 Å².